The van der Waals surface area contributed by atoms with Crippen LogP contribution in [0.15, 0.2) is 94.2 Å². The van der Waals surface area contributed by atoms with E-state index in [9.17, 15) is 14.4 Å². The first-order chi connectivity index (χ1) is 20.9. The minimum absolute atomic E-state index is 0.161. The number of aromatic nitrogens is 1. The largest absolute Gasteiger partial charge is 0.493 e. The van der Waals surface area contributed by atoms with Gasteiger partial charge in [-0.1, -0.05) is 78.9 Å². The first kappa shape index (κ1) is 29.5. The van der Waals surface area contributed by atoms with E-state index in [4.69, 9.17) is 24.9 Å². The van der Waals surface area contributed by atoms with E-state index in [1.165, 1.54) is 11.3 Å². The molecule has 0 saturated heterocycles. The first-order valence-electron chi connectivity index (χ1n) is 13.9. The van der Waals surface area contributed by atoms with E-state index in [1.807, 2.05) is 61.5 Å². The number of benzene rings is 3. The molecule has 0 radical (unpaired) electrons. The van der Waals surface area contributed by atoms with Crippen LogP contribution < -0.4 is 30.1 Å². The topological polar surface area (TPSA) is 122 Å². The van der Waals surface area contributed by atoms with Crippen molar-refractivity contribution in [2.24, 2.45) is 10.7 Å². The molecule has 0 aliphatic carbocycles. The number of carbonyl (C=O) groups excluding carboxylic acids is 2. The summed E-state index contributed by atoms with van der Waals surface area (Å²) in [6, 6.07) is 22.9. The highest BCUT2D eigenvalue weighted by molar-refractivity contribution is 7.07. The van der Waals surface area contributed by atoms with E-state index in [2.05, 4.69) is 0 Å². The summed E-state index contributed by atoms with van der Waals surface area (Å²) in [7, 11) is 0. The molecule has 5 rings (SSSR count). The summed E-state index contributed by atoms with van der Waals surface area (Å²) in [5.74, 6) is -0.0704. The summed E-state index contributed by atoms with van der Waals surface area (Å²) in [5, 5.41) is 0. The maximum atomic E-state index is 14.1. The van der Waals surface area contributed by atoms with Gasteiger partial charge < -0.3 is 19.9 Å². The molecule has 0 bridgehead atoms. The maximum absolute atomic E-state index is 14.1. The number of carbonyl (C=O) groups is 2. The van der Waals surface area contributed by atoms with Crippen molar-refractivity contribution < 1.29 is 23.8 Å². The number of para-hydroxylation sites is 1. The normalized spacial score (nSPS) is 14.6. The molecule has 10 heteroatoms. The molecule has 0 fully saturated rings. The number of hydrogen-bond acceptors (Lipinski definition) is 8. The second-order valence-electron chi connectivity index (χ2n) is 9.64. The van der Waals surface area contributed by atoms with E-state index >= 15 is 0 Å². The van der Waals surface area contributed by atoms with E-state index in [1.54, 1.807) is 41.8 Å². The van der Waals surface area contributed by atoms with Gasteiger partial charge in [-0.2, -0.15) is 0 Å². The SMILES string of the molecule is CCCOc1ccccc1[C@@H]1C(C(=O)OCC)=C(c2ccccc2)N=c2s/c(=C\c3ccc(OCC(N)=O)cc3)c(=O)n21. The molecular weight excluding hydrogens is 566 g/mol. The van der Waals surface area contributed by atoms with Crippen LogP contribution in [0, 0.1) is 0 Å². The highest BCUT2D eigenvalue weighted by Gasteiger charge is 2.36. The number of nitrogens with two attached hydrogens (primary N) is 1. The molecule has 220 valence electrons. The predicted molar refractivity (Wildman–Crippen MR) is 164 cm³/mol. The Kier molecular flexibility index (Phi) is 9.17. The Labute approximate surface area is 252 Å². The van der Waals surface area contributed by atoms with Crippen LogP contribution in [0.1, 0.15) is 43.0 Å². The standard InChI is InChI=1S/C33H31N3O6S/c1-3-18-41-25-13-9-8-12-24(25)30-28(32(39)40-4-2)29(22-10-6-5-7-11-22)35-33-36(30)31(38)26(43-33)19-21-14-16-23(17-15-21)42-20-27(34)37/h5-17,19,30H,3-4,18,20H2,1-2H3,(H2,34,37)/b26-19-/t30-/m1/s1. The van der Waals surface area contributed by atoms with Crippen molar-refractivity contribution in [2.45, 2.75) is 26.3 Å². The number of nitrogens with zero attached hydrogens (tertiary/aromatic N) is 2. The summed E-state index contributed by atoms with van der Waals surface area (Å²) in [4.78, 5) is 44.2. The van der Waals surface area contributed by atoms with Crippen LogP contribution in [0.3, 0.4) is 0 Å². The number of fused-ring (bicyclic) bond motifs is 1. The lowest BCUT2D eigenvalue weighted by Crippen LogP contribution is -2.40. The van der Waals surface area contributed by atoms with Gasteiger partial charge in [-0.15, -0.1) is 0 Å². The molecule has 2 heterocycles. The van der Waals surface area contributed by atoms with E-state index in [0.717, 1.165) is 17.5 Å². The van der Waals surface area contributed by atoms with Gasteiger partial charge in [0.1, 0.15) is 17.5 Å². The summed E-state index contributed by atoms with van der Waals surface area (Å²) < 4.78 is 19.0. The van der Waals surface area contributed by atoms with Crippen LogP contribution in [0.25, 0.3) is 11.8 Å². The van der Waals surface area contributed by atoms with Crippen LogP contribution in [0.4, 0.5) is 0 Å². The Morgan fingerprint density at radius 2 is 1.70 bits per heavy atom. The third-order valence-corrected chi connectivity index (χ3v) is 7.59. The highest BCUT2D eigenvalue weighted by Crippen LogP contribution is 2.38. The van der Waals surface area contributed by atoms with Crippen LogP contribution in [0.2, 0.25) is 0 Å². The third-order valence-electron chi connectivity index (χ3n) is 6.61. The lowest BCUT2D eigenvalue weighted by Gasteiger charge is -2.27. The zero-order chi connectivity index (χ0) is 30.3. The Bertz CT molecular complexity index is 1840. The molecule has 1 aliphatic rings. The van der Waals surface area contributed by atoms with E-state index in [-0.39, 0.29) is 24.3 Å². The van der Waals surface area contributed by atoms with Crippen LogP contribution >= 0.6 is 11.3 Å². The average molecular weight is 598 g/mol. The van der Waals surface area contributed by atoms with Crippen molar-refractivity contribution in [1.82, 2.24) is 4.57 Å². The number of thiazole rings is 1. The van der Waals surface area contributed by atoms with Crippen LogP contribution in [0.5, 0.6) is 11.5 Å². The highest BCUT2D eigenvalue weighted by atomic mass is 32.1. The second kappa shape index (κ2) is 13.3. The van der Waals surface area contributed by atoms with Crippen molar-refractivity contribution in [2.75, 3.05) is 19.8 Å². The number of hydrogen-bond donors (Lipinski definition) is 1. The average Bonchev–Trinajstić information content (AvgIpc) is 3.33. The van der Waals surface area contributed by atoms with Gasteiger partial charge in [-0.3, -0.25) is 14.2 Å². The van der Waals surface area contributed by atoms with Gasteiger partial charge >= 0.3 is 5.97 Å². The van der Waals surface area contributed by atoms with Gasteiger partial charge in [0.2, 0.25) is 0 Å². The third kappa shape index (κ3) is 6.44. The molecule has 1 atom stereocenters. The van der Waals surface area contributed by atoms with Crippen molar-refractivity contribution in [3.8, 4) is 11.5 Å². The molecule has 1 aliphatic heterocycles. The lowest BCUT2D eigenvalue weighted by molar-refractivity contribution is -0.138. The van der Waals surface area contributed by atoms with E-state index in [0.29, 0.717) is 38.7 Å². The molecule has 43 heavy (non-hydrogen) atoms. The first-order valence-corrected chi connectivity index (χ1v) is 14.7. The molecule has 9 nitrogen and oxygen atoms in total. The zero-order valence-corrected chi connectivity index (χ0v) is 24.6. The lowest BCUT2D eigenvalue weighted by atomic mass is 9.92. The minimum Gasteiger partial charge on any atom is -0.493 e. The van der Waals surface area contributed by atoms with Crippen molar-refractivity contribution in [3.05, 3.63) is 121 Å². The van der Waals surface area contributed by atoms with Gasteiger partial charge in [0, 0.05) is 11.1 Å². The fraction of sp³-hybridized carbons (Fsp3) is 0.212. The van der Waals surface area contributed by atoms with Crippen molar-refractivity contribution in [3.63, 3.8) is 0 Å². The Morgan fingerprint density at radius 1 is 0.977 bits per heavy atom. The summed E-state index contributed by atoms with van der Waals surface area (Å²) in [6.07, 6.45) is 2.55. The quantitative estimate of drug-likeness (QED) is 0.264. The minimum atomic E-state index is -0.842. The fourth-order valence-electron chi connectivity index (χ4n) is 4.75. The van der Waals surface area contributed by atoms with Crippen LogP contribution in [-0.4, -0.2) is 36.3 Å². The molecule has 0 saturated carbocycles. The Hall–Kier alpha value is -4.96. The van der Waals surface area contributed by atoms with Crippen LogP contribution in [-0.2, 0) is 14.3 Å². The van der Waals surface area contributed by atoms with Gasteiger partial charge in [-0.25, -0.2) is 9.79 Å². The summed E-state index contributed by atoms with van der Waals surface area (Å²) in [5.41, 5.74) is 7.69. The zero-order valence-electron chi connectivity index (χ0n) is 23.8. The summed E-state index contributed by atoms with van der Waals surface area (Å²) in [6.45, 7) is 4.16. The molecule has 1 amide bonds. The molecule has 3 aromatic carbocycles. The smallest absolute Gasteiger partial charge is 0.338 e. The van der Waals surface area contributed by atoms with E-state index < -0.39 is 17.9 Å². The van der Waals surface area contributed by atoms with Gasteiger partial charge in [0.05, 0.1) is 29.0 Å². The molecule has 1 aromatic heterocycles. The molecule has 4 aromatic rings. The fourth-order valence-corrected chi connectivity index (χ4v) is 5.75. The maximum Gasteiger partial charge on any atom is 0.338 e. The molecule has 0 spiro atoms. The predicted octanol–water partition coefficient (Wildman–Crippen LogP) is 3.59. The van der Waals surface area contributed by atoms with Gasteiger partial charge in [0.25, 0.3) is 11.5 Å². The number of amides is 1. The number of esters is 1. The molecule has 0 unspecified atom stereocenters. The van der Waals surface area contributed by atoms with Gasteiger partial charge in [0.15, 0.2) is 11.4 Å². The monoisotopic (exact) mass is 597 g/mol. The van der Waals surface area contributed by atoms with Crippen molar-refractivity contribution in [1.29, 1.82) is 0 Å². The molecule has 2 N–H and O–H groups in total. The Balaban J connectivity index is 1.73. The number of rotatable bonds is 11. The second-order valence-corrected chi connectivity index (χ2v) is 10.7. The molecular formula is C33H31N3O6S. The number of primary amides is 1. The Morgan fingerprint density at radius 3 is 2.40 bits per heavy atom. The summed E-state index contributed by atoms with van der Waals surface area (Å²) >= 11 is 1.23. The number of ether oxygens (including phenoxy) is 3. The van der Waals surface area contributed by atoms with Gasteiger partial charge in [-0.05, 0) is 43.2 Å². The van der Waals surface area contributed by atoms with Crippen molar-refractivity contribution >= 4 is 35.0 Å².